The van der Waals surface area contributed by atoms with E-state index >= 15 is 0 Å². The normalized spacial score (nSPS) is 11.0. The Labute approximate surface area is 146 Å². The number of sulfone groups is 1. The highest BCUT2D eigenvalue weighted by atomic mass is 79.9. The van der Waals surface area contributed by atoms with E-state index in [0.717, 1.165) is 18.0 Å². The molecule has 2 aromatic rings. The van der Waals surface area contributed by atoms with Gasteiger partial charge in [-0.25, -0.2) is 18.4 Å². The van der Waals surface area contributed by atoms with Gasteiger partial charge >= 0.3 is 0 Å². The quantitative estimate of drug-likeness (QED) is 0.573. The predicted molar refractivity (Wildman–Crippen MR) is 89.0 cm³/mol. The number of aryl methyl sites for hydroxylation is 1. The summed E-state index contributed by atoms with van der Waals surface area (Å²) in [6, 6.07) is 6.86. The first-order valence-corrected chi connectivity index (χ1v) is 9.27. The van der Waals surface area contributed by atoms with Crippen LogP contribution in [0.1, 0.15) is 26.4 Å². The van der Waals surface area contributed by atoms with Gasteiger partial charge in [0.05, 0.1) is 4.47 Å². The van der Waals surface area contributed by atoms with Gasteiger partial charge in [-0.3, -0.25) is 20.4 Å². The van der Waals surface area contributed by atoms with Gasteiger partial charge in [-0.05, 0) is 34.5 Å². The summed E-state index contributed by atoms with van der Waals surface area (Å²) in [6.07, 6.45) is 2.08. The van der Waals surface area contributed by atoms with Crippen molar-refractivity contribution in [2.24, 2.45) is 0 Å². The van der Waals surface area contributed by atoms with Crippen molar-refractivity contribution >= 4 is 37.6 Å². The molecular formula is C14H13BrN4O4S. The molecule has 0 bridgehead atoms. The van der Waals surface area contributed by atoms with Gasteiger partial charge in [0.15, 0.2) is 0 Å². The van der Waals surface area contributed by atoms with Gasteiger partial charge in [0.2, 0.25) is 15.0 Å². The third-order valence-corrected chi connectivity index (χ3v) is 4.39. The summed E-state index contributed by atoms with van der Waals surface area (Å²) in [5.74, 6) is -1.29. The van der Waals surface area contributed by atoms with Crippen LogP contribution >= 0.6 is 15.9 Å². The van der Waals surface area contributed by atoms with Crippen molar-refractivity contribution < 1.29 is 18.0 Å². The second-order valence-electron chi connectivity index (χ2n) is 4.84. The highest BCUT2D eigenvalue weighted by molar-refractivity contribution is 9.10. The van der Waals surface area contributed by atoms with E-state index in [4.69, 9.17) is 0 Å². The first-order valence-electron chi connectivity index (χ1n) is 6.59. The van der Waals surface area contributed by atoms with Crippen LogP contribution in [0.5, 0.6) is 0 Å². The molecule has 2 amide bonds. The number of halogens is 1. The van der Waals surface area contributed by atoms with Crippen molar-refractivity contribution in [2.75, 3.05) is 6.26 Å². The molecule has 0 atom stereocenters. The minimum absolute atomic E-state index is 0.192. The van der Waals surface area contributed by atoms with Gasteiger partial charge in [-0.1, -0.05) is 18.2 Å². The number of nitrogens with one attached hydrogen (secondary N) is 2. The lowest BCUT2D eigenvalue weighted by atomic mass is 10.1. The minimum atomic E-state index is -3.67. The predicted octanol–water partition coefficient (Wildman–Crippen LogP) is 1.03. The van der Waals surface area contributed by atoms with E-state index in [-0.39, 0.29) is 10.2 Å². The van der Waals surface area contributed by atoms with E-state index in [1.54, 1.807) is 31.2 Å². The zero-order valence-electron chi connectivity index (χ0n) is 12.7. The maximum absolute atomic E-state index is 12.1. The van der Waals surface area contributed by atoms with Crippen LogP contribution in [-0.4, -0.2) is 36.5 Å². The molecule has 8 nitrogen and oxygen atoms in total. The average Bonchev–Trinajstić information content (AvgIpc) is 2.52. The van der Waals surface area contributed by atoms with E-state index in [9.17, 15) is 18.0 Å². The molecule has 1 heterocycles. The lowest BCUT2D eigenvalue weighted by Crippen LogP contribution is -2.42. The molecule has 1 aromatic carbocycles. The Hall–Kier alpha value is -2.33. The molecular weight excluding hydrogens is 400 g/mol. The zero-order chi connectivity index (χ0) is 17.9. The minimum Gasteiger partial charge on any atom is -0.267 e. The Kier molecular flexibility index (Phi) is 5.30. The molecule has 0 aliphatic heterocycles. The van der Waals surface area contributed by atoms with Gasteiger partial charge < -0.3 is 0 Å². The smallest absolute Gasteiger partial charge is 0.267 e. The Morgan fingerprint density at radius 1 is 1.12 bits per heavy atom. The van der Waals surface area contributed by atoms with E-state index in [1.807, 2.05) is 0 Å². The lowest BCUT2D eigenvalue weighted by Gasteiger charge is -2.09. The number of aromatic nitrogens is 2. The lowest BCUT2D eigenvalue weighted by molar-refractivity contribution is 0.0842. The molecule has 24 heavy (non-hydrogen) atoms. The Balaban J connectivity index is 2.16. The Morgan fingerprint density at radius 3 is 2.38 bits per heavy atom. The van der Waals surface area contributed by atoms with E-state index < -0.39 is 26.8 Å². The Bertz CT molecular complexity index is 915. The summed E-state index contributed by atoms with van der Waals surface area (Å²) >= 11 is 3.07. The monoisotopic (exact) mass is 412 g/mol. The second kappa shape index (κ2) is 7.05. The third kappa shape index (κ3) is 4.15. The highest BCUT2D eigenvalue weighted by Crippen LogP contribution is 2.15. The third-order valence-electron chi connectivity index (χ3n) is 2.95. The molecule has 1 aromatic heterocycles. The fourth-order valence-electron chi connectivity index (χ4n) is 1.76. The largest absolute Gasteiger partial charge is 0.289 e. The van der Waals surface area contributed by atoms with Gasteiger partial charge in [0.25, 0.3) is 11.8 Å². The van der Waals surface area contributed by atoms with E-state index in [0.29, 0.717) is 5.56 Å². The van der Waals surface area contributed by atoms with Crippen molar-refractivity contribution in [1.82, 2.24) is 20.8 Å². The van der Waals surface area contributed by atoms with Crippen LogP contribution in [-0.2, 0) is 9.84 Å². The number of nitrogens with zero attached hydrogens (tertiary/aromatic N) is 2. The maximum atomic E-state index is 12.1. The SMILES string of the molecule is Cc1ccccc1C(=O)NNC(=O)c1nc(S(C)(=O)=O)ncc1Br. The van der Waals surface area contributed by atoms with Crippen LogP contribution in [0.3, 0.4) is 0 Å². The number of amides is 2. The molecule has 0 aliphatic carbocycles. The zero-order valence-corrected chi connectivity index (χ0v) is 15.1. The topological polar surface area (TPSA) is 118 Å². The van der Waals surface area contributed by atoms with Crippen LogP contribution in [0.4, 0.5) is 0 Å². The van der Waals surface area contributed by atoms with Crippen LogP contribution < -0.4 is 10.9 Å². The molecule has 0 unspecified atom stereocenters. The van der Waals surface area contributed by atoms with E-state index in [2.05, 4.69) is 36.7 Å². The van der Waals surface area contributed by atoms with Crippen molar-refractivity contribution in [3.8, 4) is 0 Å². The molecule has 126 valence electrons. The maximum Gasteiger partial charge on any atom is 0.289 e. The number of rotatable bonds is 3. The Morgan fingerprint density at radius 2 is 1.75 bits per heavy atom. The molecule has 2 N–H and O–H groups in total. The molecule has 0 saturated carbocycles. The first-order chi connectivity index (χ1) is 11.2. The van der Waals surface area contributed by atoms with Crippen molar-refractivity contribution in [2.45, 2.75) is 12.1 Å². The van der Waals surface area contributed by atoms with Gasteiger partial charge in [-0.15, -0.1) is 0 Å². The number of benzene rings is 1. The van der Waals surface area contributed by atoms with Crippen molar-refractivity contribution in [1.29, 1.82) is 0 Å². The summed E-state index contributed by atoms with van der Waals surface area (Å²) in [5, 5.41) is -0.485. The highest BCUT2D eigenvalue weighted by Gasteiger charge is 2.19. The van der Waals surface area contributed by atoms with Crippen molar-refractivity contribution in [3.05, 3.63) is 51.8 Å². The van der Waals surface area contributed by atoms with Crippen LogP contribution in [0.15, 0.2) is 40.1 Å². The fourth-order valence-corrected chi connectivity index (χ4v) is 2.63. The summed E-state index contributed by atoms with van der Waals surface area (Å²) in [5.41, 5.74) is 5.37. The first kappa shape index (κ1) is 18.0. The van der Waals surface area contributed by atoms with Crippen LogP contribution in [0.2, 0.25) is 0 Å². The molecule has 0 saturated heterocycles. The van der Waals surface area contributed by atoms with Crippen LogP contribution in [0, 0.1) is 6.92 Å². The second-order valence-corrected chi connectivity index (χ2v) is 7.61. The molecule has 2 rings (SSSR count). The summed E-state index contributed by atoms with van der Waals surface area (Å²) in [4.78, 5) is 31.5. The average molecular weight is 413 g/mol. The van der Waals surface area contributed by atoms with Gasteiger partial charge in [0.1, 0.15) is 5.69 Å². The summed E-state index contributed by atoms with van der Waals surface area (Å²) in [7, 11) is -3.67. The molecule has 0 aliphatic rings. The summed E-state index contributed by atoms with van der Waals surface area (Å²) < 4.78 is 23.1. The fraction of sp³-hybridized carbons (Fsp3) is 0.143. The van der Waals surface area contributed by atoms with E-state index in [1.165, 1.54) is 0 Å². The van der Waals surface area contributed by atoms with Gasteiger partial charge in [-0.2, -0.15) is 0 Å². The van der Waals surface area contributed by atoms with Crippen molar-refractivity contribution in [3.63, 3.8) is 0 Å². The summed E-state index contributed by atoms with van der Waals surface area (Å²) in [6.45, 7) is 1.76. The standard InChI is InChI=1S/C14H13BrN4O4S/c1-8-5-3-4-6-9(8)12(20)18-19-13(21)11-10(15)7-16-14(17-11)24(2,22)23/h3-7H,1-2H3,(H,18,20)(H,19,21). The molecule has 10 heteroatoms. The number of carbonyl (C=O) groups excluding carboxylic acids is 2. The molecule has 0 radical (unpaired) electrons. The number of hydrogen-bond acceptors (Lipinski definition) is 6. The number of carbonyl (C=O) groups is 2. The number of hydrazine groups is 1. The molecule has 0 fully saturated rings. The van der Waals surface area contributed by atoms with Crippen LogP contribution in [0.25, 0.3) is 0 Å². The molecule has 0 spiro atoms. The number of hydrogen-bond donors (Lipinski definition) is 2. The van der Waals surface area contributed by atoms with Gasteiger partial charge in [0, 0.05) is 18.0 Å².